The number of non-ortho nitro benzene ring substituents is 1. The molecule has 0 atom stereocenters. The van der Waals surface area contributed by atoms with E-state index in [1.54, 1.807) is 29.5 Å². The lowest BCUT2D eigenvalue weighted by atomic mass is 10.1. The normalized spacial score (nSPS) is 10.8. The molecule has 0 fully saturated rings. The van der Waals surface area contributed by atoms with Gasteiger partial charge in [-0.2, -0.15) is 0 Å². The van der Waals surface area contributed by atoms with Crippen LogP contribution in [0.1, 0.15) is 10.6 Å². The summed E-state index contributed by atoms with van der Waals surface area (Å²) >= 11 is 10.4. The van der Waals surface area contributed by atoms with Crippen molar-refractivity contribution in [2.45, 2.75) is 0 Å². The molecule has 0 radical (unpaired) electrons. The van der Waals surface area contributed by atoms with E-state index in [4.69, 9.17) is 21.6 Å². The Morgan fingerprint density at radius 1 is 1.06 bits per heavy atom. The number of nitro benzene ring substituents is 1. The van der Waals surface area contributed by atoms with E-state index in [1.165, 1.54) is 18.2 Å². The number of carbonyl (C=O) groups is 1. The van der Waals surface area contributed by atoms with Crippen LogP contribution in [0.3, 0.4) is 0 Å². The van der Waals surface area contributed by atoms with Gasteiger partial charge in [0.2, 0.25) is 0 Å². The first-order chi connectivity index (χ1) is 17.4. The summed E-state index contributed by atoms with van der Waals surface area (Å²) in [4.78, 5) is 28.0. The standard InChI is InChI=1S/C25H15BrN4O4S2/c26-15-8-9-18(17(13-15)24-27-19-6-1-2-7-22(19)36-24)28-25(35)29-23(31)21-11-10-20(34-21)14-4-3-5-16(12-14)30(32)33/h1-13H,(H2,28,29,31,35). The van der Waals surface area contributed by atoms with Crippen molar-refractivity contribution in [3.8, 4) is 21.9 Å². The fraction of sp³-hybridized carbons (Fsp3) is 0. The summed E-state index contributed by atoms with van der Waals surface area (Å²) in [6, 6.07) is 22.5. The molecular weight excluding hydrogens is 564 g/mol. The lowest BCUT2D eigenvalue weighted by molar-refractivity contribution is -0.384. The molecule has 5 aromatic rings. The van der Waals surface area contributed by atoms with Gasteiger partial charge in [-0.1, -0.05) is 40.2 Å². The van der Waals surface area contributed by atoms with E-state index in [-0.39, 0.29) is 16.6 Å². The highest BCUT2D eigenvalue weighted by atomic mass is 79.9. The Morgan fingerprint density at radius 2 is 1.89 bits per heavy atom. The first kappa shape index (κ1) is 23.8. The highest BCUT2D eigenvalue weighted by Gasteiger charge is 2.17. The third-order valence-corrected chi connectivity index (χ3v) is 6.92. The molecule has 0 aliphatic rings. The summed E-state index contributed by atoms with van der Waals surface area (Å²) in [5.41, 5.74) is 2.82. The largest absolute Gasteiger partial charge is 0.451 e. The van der Waals surface area contributed by atoms with Crippen molar-refractivity contribution in [3.05, 3.63) is 99.2 Å². The van der Waals surface area contributed by atoms with Crippen LogP contribution in [0.25, 0.3) is 32.1 Å². The zero-order valence-corrected chi connectivity index (χ0v) is 21.4. The van der Waals surface area contributed by atoms with Gasteiger partial charge in [-0.3, -0.25) is 20.2 Å². The monoisotopic (exact) mass is 578 g/mol. The lowest BCUT2D eigenvalue weighted by Crippen LogP contribution is -2.34. The SMILES string of the molecule is O=C(NC(=S)Nc1ccc(Br)cc1-c1nc2ccccc2s1)c1ccc(-c2cccc([N+](=O)[O-])c2)o1. The number of carbonyl (C=O) groups excluding carboxylic acids is 1. The minimum atomic E-state index is -0.553. The third-order valence-electron chi connectivity index (χ3n) is 5.15. The van der Waals surface area contributed by atoms with Crippen LogP contribution in [0.15, 0.2) is 87.8 Å². The summed E-state index contributed by atoms with van der Waals surface area (Å²) in [7, 11) is 0. The maximum absolute atomic E-state index is 12.7. The average Bonchev–Trinajstić information content (AvgIpc) is 3.53. The molecule has 2 heterocycles. The van der Waals surface area contributed by atoms with Crippen molar-refractivity contribution < 1.29 is 14.1 Å². The molecule has 0 bridgehead atoms. The number of nitrogens with zero attached hydrogens (tertiary/aromatic N) is 2. The molecule has 36 heavy (non-hydrogen) atoms. The molecule has 178 valence electrons. The van der Waals surface area contributed by atoms with E-state index in [1.807, 2.05) is 42.5 Å². The molecular formula is C25H15BrN4O4S2. The number of anilines is 1. The molecule has 0 saturated heterocycles. The van der Waals surface area contributed by atoms with E-state index in [0.29, 0.717) is 17.0 Å². The average molecular weight is 579 g/mol. The number of nitro groups is 1. The molecule has 0 aliphatic heterocycles. The number of thiazole rings is 1. The summed E-state index contributed by atoms with van der Waals surface area (Å²) in [5, 5.41) is 17.6. The molecule has 5 rings (SSSR count). The lowest BCUT2D eigenvalue weighted by Gasteiger charge is -2.12. The van der Waals surface area contributed by atoms with Gasteiger partial charge in [-0.25, -0.2) is 4.98 Å². The molecule has 2 N–H and O–H groups in total. The molecule has 8 nitrogen and oxygen atoms in total. The van der Waals surface area contributed by atoms with E-state index >= 15 is 0 Å². The second-order valence-corrected chi connectivity index (χ2v) is 9.91. The predicted octanol–water partition coefficient (Wildman–Crippen LogP) is 7.02. The number of benzene rings is 3. The fourth-order valence-electron chi connectivity index (χ4n) is 3.50. The van der Waals surface area contributed by atoms with Crippen molar-refractivity contribution >= 4 is 72.1 Å². The van der Waals surface area contributed by atoms with Crippen LogP contribution in [0.4, 0.5) is 11.4 Å². The molecule has 3 aromatic carbocycles. The topological polar surface area (TPSA) is 110 Å². The number of para-hydroxylation sites is 1. The zero-order chi connectivity index (χ0) is 25.2. The van der Waals surface area contributed by atoms with Crippen LogP contribution in [-0.4, -0.2) is 20.9 Å². The number of amides is 1. The Bertz CT molecular complexity index is 1610. The number of fused-ring (bicyclic) bond motifs is 1. The van der Waals surface area contributed by atoms with Gasteiger partial charge in [0.1, 0.15) is 10.8 Å². The Hall–Kier alpha value is -3.93. The summed E-state index contributed by atoms with van der Waals surface area (Å²) in [5.74, 6) is -0.209. The van der Waals surface area contributed by atoms with Crippen molar-refractivity contribution in [1.29, 1.82) is 0 Å². The van der Waals surface area contributed by atoms with Gasteiger partial charge in [0.15, 0.2) is 10.9 Å². The smallest absolute Gasteiger partial charge is 0.293 e. The van der Waals surface area contributed by atoms with Crippen LogP contribution in [0.5, 0.6) is 0 Å². The molecule has 0 unspecified atom stereocenters. The molecule has 2 aromatic heterocycles. The minimum absolute atomic E-state index is 0.0165. The van der Waals surface area contributed by atoms with Gasteiger partial charge in [-0.15, -0.1) is 11.3 Å². The molecule has 0 aliphatic carbocycles. The van der Waals surface area contributed by atoms with Gasteiger partial charge in [0.25, 0.3) is 11.6 Å². The number of halogens is 1. The van der Waals surface area contributed by atoms with Crippen molar-refractivity contribution in [2.24, 2.45) is 0 Å². The maximum Gasteiger partial charge on any atom is 0.293 e. The third kappa shape index (κ3) is 5.03. The maximum atomic E-state index is 12.7. The van der Waals surface area contributed by atoms with Crippen LogP contribution in [0, 0.1) is 10.1 Å². The van der Waals surface area contributed by atoms with Gasteiger partial charge >= 0.3 is 0 Å². The molecule has 1 amide bonds. The van der Waals surface area contributed by atoms with E-state index in [0.717, 1.165) is 25.3 Å². The minimum Gasteiger partial charge on any atom is -0.451 e. The zero-order valence-electron chi connectivity index (χ0n) is 18.2. The van der Waals surface area contributed by atoms with Crippen LogP contribution >= 0.6 is 39.5 Å². The molecule has 11 heteroatoms. The highest BCUT2D eigenvalue weighted by Crippen LogP contribution is 2.36. The van der Waals surface area contributed by atoms with E-state index in [9.17, 15) is 14.9 Å². The fourth-order valence-corrected chi connectivity index (χ4v) is 5.06. The van der Waals surface area contributed by atoms with Gasteiger partial charge in [-0.05, 0) is 54.7 Å². The number of hydrogen-bond donors (Lipinski definition) is 2. The summed E-state index contributed by atoms with van der Waals surface area (Å²) in [6.07, 6.45) is 0. The highest BCUT2D eigenvalue weighted by molar-refractivity contribution is 9.10. The van der Waals surface area contributed by atoms with Crippen LogP contribution < -0.4 is 10.6 Å². The van der Waals surface area contributed by atoms with Crippen molar-refractivity contribution in [2.75, 3.05) is 5.32 Å². The van der Waals surface area contributed by atoms with Crippen molar-refractivity contribution in [1.82, 2.24) is 10.3 Å². The molecule has 0 saturated carbocycles. The van der Waals surface area contributed by atoms with E-state index < -0.39 is 10.8 Å². The van der Waals surface area contributed by atoms with Crippen LogP contribution in [-0.2, 0) is 0 Å². The Balaban J connectivity index is 1.33. The predicted molar refractivity (Wildman–Crippen MR) is 147 cm³/mol. The number of nitrogens with one attached hydrogen (secondary N) is 2. The number of hydrogen-bond acceptors (Lipinski definition) is 7. The molecule has 0 spiro atoms. The first-order valence-electron chi connectivity index (χ1n) is 10.5. The Morgan fingerprint density at radius 3 is 2.69 bits per heavy atom. The van der Waals surface area contributed by atoms with Gasteiger partial charge in [0, 0.05) is 27.7 Å². The second kappa shape index (κ2) is 9.97. The number of aromatic nitrogens is 1. The number of rotatable bonds is 5. The van der Waals surface area contributed by atoms with Crippen molar-refractivity contribution in [3.63, 3.8) is 0 Å². The second-order valence-electron chi connectivity index (χ2n) is 7.56. The van der Waals surface area contributed by atoms with Crippen LogP contribution in [0.2, 0.25) is 0 Å². The summed E-state index contributed by atoms with van der Waals surface area (Å²) in [6.45, 7) is 0. The quantitative estimate of drug-likeness (QED) is 0.131. The first-order valence-corrected chi connectivity index (χ1v) is 12.5. The number of thiocarbonyl (C=S) groups is 1. The van der Waals surface area contributed by atoms with Gasteiger partial charge in [0.05, 0.1) is 20.8 Å². The Kier molecular flexibility index (Phi) is 6.59. The van der Waals surface area contributed by atoms with Gasteiger partial charge < -0.3 is 9.73 Å². The summed E-state index contributed by atoms with van der Waals surface area (Å²) < 4.78 is 7.56. The number of furan rings is 1. The van der Waals surface area contributed by atoms with E-state index in [2.05, 4.69) is 26.6 Å². The Labute approximate surface area is 222 Å².